The zero-order valence-electron chi connectivity index (χ0n) is 10.6. The minimum absolute atomic E-state index is 0.0425. The van der Waals surface area contributed by atoms with Crippen LogP contribution in [0.1, 0.15) is 23.7 Å². The summed E-state index contributed by atoms with van der Waals surface area (Å²) in [7, 11) is 0. The predicted molar refractivity (Wildman–Crippen MR) is 78.3 cm³/mol. The summed E-state index contributed by atoms with van der Waals surface area (Å²) in [6.45, 7) is 2.91. The van der Waals surface area contributed by atoms with E-state index in [0.717, 1.165) is 28.1 Å². The first-order valence-corrected chi connectivity index (χ1v) is 6.95. The zero-order chi connectivity index (χ0) is 13.8. The molecule has 0 spiro atoms. The number of benzene rings is 1. The van der Waals surface area contributed by atoms with Crippen molar-refractivity contribution in [3.8, 4) is 0 Å². The fourth-order valence-electron chi connectivity index (χ4n) is 2.00. The predicted octanol–water partition coefficient (Wildman–Crippen LogP) is 2.74. The van der Waals surface area contributed by atoms with Crippen molar-refractivity contribution in [1.29, 1.82) is 0 Å². The summed E-state index contributed by atoms with van der Waals surface area (Å²) in [5, 5.41) is 3.68. The van der Waals surface area contributed by atoms with Crippen LogP contribution in [-0.4, -0.2) is 23.3 Å². The molecule has 0 saturated heterocycles. The summed E-state index contributed by atoms with van der Waals surface area (Å²) in [5.74, 6) is -0.0425. The third-order valence-corrected chi connectivity index (χ3v) is 3.38. The average molecular weight is 323 g/mol. The van der Waals surface area contributed by atoms with Gasteiger partial charge in [-0.3, -0.25) is 9.59 Å². The van der Waals surface area contributed by atoms with Crippen LogP contribution in [0.15, 0.2) is 28.9 Å². The average Bonchev–Trinajstić information content (AvgIpc) is 2.73. The van der Waals surface area contributed by atoms with Crippen molar-refractivity contribution in [2.24, 2.45) is 0 Å². The Bertz CT molecular complexity index is 619. The highest BCUT2D eigenvalue weighted by atomic mass is 79.9. The van der Waals surface area contributed by atoms with Gasteiger partial charge in [0.15, 0.2) is 6.29 Å². The Labute approximate surface area is 119 Å². The second-order valence-corrected chi connectivity index (χ2v) is 5.26. The van der Waals surface area contributed by atoms with Crippen molar-refractivity contribution in [3.63, 3.8) is 0 Å². The number of halogens is 1. The number of amides is 1. The SMILES string of the molecule is CCCNC(=O)Cn1cc(C=O)c2cc(Br)ccc21. The molecule has 5 heteroatoms. The highest BCUT2D eigenvalue weighted by Gasteiger charge is 2.10. The molecule has 1 N–H and O–H groups in total. The largest absolute Gasteiger partial charge is 0.355 e. The molecule has 1 amide bonds. The molecular formula is C14H15BrN2O2. The van der Waals surface area contributed by atoms with Gasteiger partial charge in [-0.25, -0.2) is 0 Å². The number of rotatable bonds is 5. The normalized spacial score (nSPS) is 10.6. The van der Waals surface area contributed by atoms with Gasteiger partial charge in [-0.2, -0.15) is 0 Å². The Balaban J connectivity index is 2.33. The quantitative estimate of drug-likeness (QED) is 0.860. The Kier molecular flexibility index (Phi) is 4.37. The van der Waals surface area contributed by atoms with Crippen molar-refractivity contribution < 1.29 is 9.59 Å². The van der Waals surface area contributed by atoms with E-state index in [1.165, 1.54) is 0 Å². The van der Waals surface area contributed by atoms with Gasteiger partial charge in [-0.05, 0) is 24.6 Å². The Morgan fingerprint density at radius 1 is 1.47 bits per heavy atom. The van der Waals surface area contributed by atoms with Crippen molar-refractivity contribution in [3.05, 3.63) is 34.4 Å². The summed E-state index contributed by atoms with van der Waals surface area (Å²) in [6, 6.07) is 5.69. The van der Waals surface area contributed by atoms with Crippen LogP contribution in [0.3, 0.4) is 0 Å². The number of fused-ring (bicyclic) bond motifs is 1. The maximum Gasteiger partial charge on any atom is 0.239 e. The summed E-state index contributed by atoms with van der Waals surface area (Å²) in [5.41, 5.74) is 1.48. The van der Waals surface area contributed by atoms with Crippen molar-refractivity contribution in [2.45, 2.75) is 19.9 Å². The lowest BCUT2D eigenvalue weighted by Gasteiger charge is -2.06. The topological polar surface area (TPSA) is 51.1 Å². The molecule has 2 aromatic rings. The highest BCUT2D eigenvalue weighted by molar-refractivity contribution is 9.10. The summed E-state index contributed by atoms with van der Waals surface area (Å²) < 4.78 is 2.72. The maximum absolute atomic E-state index is 11.8. The van der Waals surface area contributed by atoms with E-state index in [4.69, 9.17) is 0 Å². The van der Waals surface area contributed by atoms with Gasteiger partial charge in [0.1, 0.15) is 6.54 Å². The smallest absolute Gasteiger partial charge is 0.239 e. The van der Waals surface area contributed by atoms with E-state index in [1.54, 1.807) is 10.8 Å². The monoisotopic (exact) mass is 322 g/mol. The number of hydrogen-bond acceptors (Lipinski definition) is 2. The summed E-state index contributed by atoms with van der Waals surface area (Å²) in [4.78, 5) is 22.8. The molecule has 100 valence electrons. The Morgan fingerprint density at radius 2 is 2.26 bits per heavy atom. The van der Waals surface area contributed by atoms with Gasteiger partial charge in [0.05, 0.1) is 0 Å². The lowest BCUT2D eigenvalue weighted by atomic mass is 10.2. The molecule has 0 aliphatic rings. The number of nitrogens with zero attached hydrogens (tertiary/aromatic N) is 1. The Morgan fingerprint density at radius 3 is 2.95 bits per heavy atom. The Hall–Kier alpha value is -1.62. The molecule has 4 nitrogen and oxygen atoms in total. The van der Waals surface area contributed by atoms with E-state index < -0.39 is 0 Å². The first-order chi connectivity index (χ1) is 9.15. The zero-order valence-corrected chi connectivity index (χ0v) is 12.2. The van der Waals surface area contributed by atoms with E-state index in [0.29, 0.717) is 12.1 Å². The van der Waals surface area contributed by atoms with Gasteiger partial charge in [0.25, 0.3) is 0 Å². The van der Waals surface area contributed by atoms with Crippen LogP contribution in [0.4, 0.5) is 0 Å². The van der Waals surface area contributed by atoms with Gasteiger partial charge in [0.2, 0.25) is 5.91 Å². The van der Waals surface area contributed by atoms with E-state index >= 15 is 0 Å². The molecule has 0 aliphatic carbocycles. The molecule has 0 fully saturated rings. The third kappa shape index (κ3) is 3.04. The minimum atomic E-state index is -0.0425. The number of carbonyl (C=O) groups is 2. The fraction of sp³-hybridized carbons (Fsp3) is 0.286. The van der Waals surface area contributed by atoms with Gasteiger partial charge in [-0.15, -0.1) is 0 Å². The highest BCUT2D eigenvalue weighted by Crippen LogP contribution is 2.24. The van der Waals surface area contributed by atoms with Crippen LogP contribution >= 0.6 is 15.9 Å². The molecule has 0 atom stereocenters. The second kappa shape index (κ2) is 6.02. The number of hydrogen-bond donors (Lipinski definition) is 1. The molecule has 0 bridgehead atoms. The number of aldehydes is 1. The van der Waals surface area contributed by atoms with Crippen molar-refractivity contribution >= 4 is 39.0 Å². The van der Waals surface area contributed by atoms with Crippen molar-refractivity contribution in [2.75, 3.05) is 6.54 Å². The van der Waals surface area contributed by atoms with E-state index in [-0.39, 0.29) is 12.5 Å². The standard InChI is InChI=1S/C14H15BrN2O2/c1-2-5-16-14(19)8-17-7-10(9-18)12-6-11(15)3-4-13(12)17/h3-4,6-7,9H,2,5,8H2,1H3,(H,16,19). The molecule has 0 unspecified atom stereocenters. The van der Waals surface area contributed by atoms with Gasteiger partial charge >= 0.3 is 0 Å². The minimum Gasteiger partial charge on any atom is -0.355 e. The first kappa shape index (κ1) is 13.8. The lowest BCUT2D eigenvalue weighted by Crippen LogP contribution is -2.27. The van der Waals surface area contributed by atoms with Crippen LogP contribution in [0, 0.1) is 0 Å². The third-order valence-electron chi connectivity index (χ3n) is 2.89. The van der Waals surface area contributed by atoms with E-state index in [1.807, 2.05) is 25.1 Å². The van der Waals surface area contributed by atoms with Crippen molar-refractivity contribution in [1.82, 2.24) is 9.88 Å². The van der Waals surface area contributed by atoms with E-state index in [9.17, 15) is 9.59 Å². The van der Waals surface area contributed by atoms with Crippen LogP contribution < -0.4 is 5.32 Å². The van der Waals surface area contributed by atoms with Gasteiger partial charge in [-0.1, -0.05) is 22.9 Å². The molecule has 0 saturated carbocycles. The van der Waals surface area contributed by atoms with E-state index in [2.05, 4.69) is 21.2 Å². The molecule has 0 radical (unpaired) electrons. The van der Waals surface area contributed by atoms with Crippen LogP contribution in [0.5, 0.6) is 0 Å². The summed E-state index contributed by atoms with van der Waals surface area (Å²) >= 11 is 3.39. The van der Waals surface area contributed by atoms with Gasteiger partial charge in [0, 0.05) is 33.7 Å². The number of carbonyl (C=O) groups excluding carboxylic acids is 2. The summed E-state index contributed by atoms with van der Waals surface area (Å²) in [6.07, 6.45) is 3.44. The second-order valence-electron chi connectivity index (χ2n) is 4.34. The van der Waals surface area contributed by atoms with Crippen LogP contribution in [0.2, 0.25) is 0 Å². The van der Waals surface area contributed by atoms with Gasteiger partial charge < -0.3 is 9.88 Å². The van der Waals surface area contributed by atoms with Crippen LogP contribution in [0.25, 0.3) is 10.9 Å². The maximum atomic E-state index is 11.8. The molecular weight excluding hydrogens is 308 g/mol. The lowest BCUT2D eigenvalue weighted by molar-refractivity contribution is -0.121. The fourth-order valence-corrected chi connectivity index (χ4v) is 2.36. The molecule has 19 heavy (non-hydrogen) atoms. The first-order valence-electron chi connectivity index (χ1n) is 6.16. The number of nitrogens with one attached hydrogen (secondary N) is 1. The van der Waals surface area contributed by atoms with Crippen LogP contribution in [-0.2, 0) is 11.3 Å². The molecule has 1 aromatic carbocycles. The molecule has 2 rings (SSSR count). The molecule has 1 aromatic heterocycles. The molecule has 1 heterocycles. The molecule has 0 aliphatic heterocycles. The number of aromatic nitrogens is 1.